The lowest BCUT2D eigenvalue weighted by Gasteiger charge is -2.05. The highest BCUT2D eigenvalue weighted by atomic mass is 16.4. The number of nitrogens with zero attached hydrogens (tertiary/aromatic N) is 3. The van der Waals surface area contributed by atoms with E-state index in [1.165, 1.54) is 6.07 Å². The monoisotopic (exact) mass is 249 g/mol. The lowest BCUT2D eigenvalue weighted by molar-refractivity contribution is 0.0680. The lowest BCUT2D eigenvalue weighted by atomic mass is 10.2. The Bertz CT molecular complexity index is 634. The fourth-order valence-corrected chi connectivity index (χ4v) is 1.40. The number of aromatic nitrogens is 3. The molecule has 2 rings (SSSR count). The van der Waals surface area contributed by atoms with E-state index in [1.54, 1.807) is 0 Å². The predicted molar refractivity (Wildman–Crippen MR) is 56.9 cm³/mol. The summed E-state index contributed by atoms with van der Waals surface area (Å²) >= 11 is 0. The van der Waals surface area contributed by atoms with Gasteiger partial charge in [0.15, 0.2) is 5.69 Å². The molecule has 0 spiro atoms. The van der Waals surface area contributed by atoms with Crippen molar-refractivity contribution in [3.05, 3.63) is 35.7 Å². The van der Waals surface area contributed by atoms with E-state index in [9.17, 15) is 14.7 Å². The minimum absolute atomic E-state index is 0.181. The summed E-state index contributed by atoms with van der Waals surface area (Å²) in [6.45, 7) is 0. The quantitative estimate of drug-likeness (QED) is 0.717. The summed E-state index contributed by atoms with van der Waals surface area (Å²) in [6, 6.07) is 3.59. The van der Waals surface area contributed by atoms with Crippen molar-refractivity contribution in [3.8, 4) is 11.4 Å². The van der Waals surface area contributed by atoms with Crippen molar-refractivity contribution in [2.24, 2.45) is 0 Å². The van der Waals surface area contributed by atoms with Crippen LogP contribution in [0, 0.1) is 0 Å². The maximum absolute atomic E-state index is 10.9. The molecule has 0 radical (unpaired) electrons. The molecule has 92 valence electrons. The highest BCUT2D eigenvalue weighted by Gasteiger charge is 2.16. The van der Waals surface area contributed by atoms with Gasteiger partial charge in [0.25, 0.3) is 0 Å². The van der Waals surface area contributed by atoms with Gasteiger partial charge in [-0.2, -0.15) is 0 Å². The van der Waals surface area contributed by atoms with Gasteiger partial charge in [-0.15, -0.1) is 5.10 Å². The Balaban J connectivity index is 2.58. The van der Waals surface area contributed by atoms with Crippen molar-refractivity contribution in [1.29, 1.82) is 0 Å². The Kier molecular flexibility index (Phi) is 2.68. The second-order valence-electron chi connectivity index (χ2n) is 3.34. The zero-order valence-corrected chi connectivity index (χ0v) is 8.81. The normalized spacial score (nSPS) is 10.2. The first-order valence-electron chi connectivity index (χ1n) is 4.71. The summed E-state index contributed by atoms with van der Waals surface area (Å²) in [5, 5.41) is 34.1. The average Bonchev–Trinajstić information content (AvgIpc) is 2.78. The number of aromatic carboxylic acids is 2. The summed E-state index contributed by atoms with van der Waals surface area (Å²) < 4.78 is 0.966. The second kappa shape index (κ2) is 4.17. The molecule has 18 heavy (non-hydrogen) atoms. The Morgan fingerprint density at radius 2 is 1.89 bits per heavy atom. The van der Waals surface area contributed by atoms with Gasteiger partial charge in [0, 0.05) is 0 Å². The molecule has 8 heteroatoms. The zero-order chi connectivity index (χ0) is 13.3. The minimum Gasteiger partial charge on any atom is -0.507 e. The molecule has 3 N–H and O–H groups in total. The number of hydrogen-bond donors (Lipinski definition) is 3. The molecule has 1 aromatic carbocycles. The molecule has 0 bridgehead atoms. The molecule has 8 nitrogen and oxygen atoms in total. The van der Waals surface area contributed by atoms with Gasteiger partial charge in [-0.1, -0.05) is 5.21 Å². The van der Waals surface area contributed by atoms with Crippen LogP contribution in [0.5, 0.6) is 5.75 Å². The summed E-state index contributed by atoms with van der Waals surface area (Å²) in [5.74, 6) is -2.99. The van der Waals surface area contributed by atoms with E-state index in [4.69, 9.17) is 10.2 Å². The van der Waals surface area contributed by atoms with Crippen LogP contribution in [0.4, 0.5) is 0 Å². The fourth-order valence-electron chi connectivity index (χ4n) is 1.40. The molecular formula is C10H7N3O5. The van der Waals surface area contributed by atoms with E-state index in [0.717, 1.165) is 23.0 Å². The molecule has 0 aliphatic carbocycles. The third-order valence-corrected chi connectivity index (χ3v) is 2.22. The van der Waals surface area contributed by atoms with Crippen molar-refractivity contribution in [2.75, 3.05) is 0 Å². The number of aromatic hydroxyl groups is 1. The molecular weight excluding hydrogens is 242 g/mol. The van der Waals surface area contributed by atoms with E-state index < -0.39 is 17.7 Å². The van der Waals surface area contributed by atoms with Gasteiger partial charge < -0.3 is 15.3 Å². The predicted octanol–water partition coefficient (Wildman–Crippen LogP) is 0.369. The molecule has 0 fully saturated rings. The van der Waals surface area contributed by atoms with E-state index in [1.807, 2.05) is 0 Å². The van der Waals surface area contributed by atoms with Crippen molar-refractivity contribution in [3.63, 3.8) is 0 Å². The number of phenols is 1. The molecule has 0 amide bonds. The molecule has 0 aliphatic rings. The van der Waals surface area contributed by atoms with Crippen LogP contribution in [0.15, 0.2) is 24.4 Å². The third-order valence-electron chi connectivity index (χ3n) is 2.22. The third kappa shape index (κ3) is 1.86. The van der Waals surface area contributed by atoms with Crippen molar-refractivity contribution >= 4 is 11.9 Å². The van der Waals surface area contributed by atoms with E-state index >= 15 is 0 Å². The zero-order valence-electron chi connectivity index (χ0n) is 8.81. The average molecular weight is 249 g/mol. The number of carboxylic acids is 2. The molecule has 0 atom stereocenters. The lowest BCUT2D eigenvalue weighted by Crippen LogP contribution is -2.09. The number of carbonyl (C=O) groups is 2. The second-order valence-corrected chi connectivity index (χ2v) is 3.34. The molecule has 0 aliphatic heterocycles. The first-order chi connectivity index (χ1) is 8.50. The summed E-state index contributed by atoms with van der Waals surface area (Å²) in [5.41, 5.74) is -0.378. The maximum Gasteiger partial charge on any atom is 0.356 e. The van der Waals surface area contributed by atoms with E-state index in [0.29, 0.717) is 0 Å². The maximum atomic E-state index is 10.9. The number of carboxylic acid groups (broad SMARTS) is 2. The Morgan fingerprint density at radius 3 is 2.50 bits per heavy atom. The first kappa shape index (κ1) is 11.6. The van der Waals surface area contributed by atoms with Gasteiger partial charge in [0.1, 0.15) is 11.3 Å². The summed E-state index contributed by atoms with van der Waals surface area (Å²) in [4.78, 5) is 21.7. The highest BCUT2D eigenvalue weighted by Crippen LogP contribution is 2.21. The van der Waals surface area contributed by atoms with Gasteiger partial charge in [0.2, 0.25) is 0 Å². The largest absolute Gasteiger partial charge is 0.507 e. The van der Waals surface area contributed by atoms with Crippen molar-refractivity contribution in [1.82, 2.24) is 15.0 Å². The standard InChI is InChI=1S/C10H7N3O5/c14-8-2-1-5(3-6(8)9(15)16)13-7(10(17)18)4-11-12-13/h1-4,14H,(H,15,16)(H,17,18). The molecule has 0 unspecified atom stereocenters. The Labute approximate surface area is 99.7 Å². The SMILES string of the molecule is O=C(O)c1cc(-n2nncc2C(=O)O)ccc1O. The van der Waals surface area contributed by atoms with Crippen molar-refractivity contribution in [2.45, 2.75) is 0 Å². The van der Waals surface area contributed by atoms with Gasteiger partial charge >= 0.3 is 11.9 Å². The summed E-state index contributed by atoms with van der Waals surface area (Å²) in [7, 11) is 0. The van der Waals surface area contributed by atoms with Crippen LogP contribution in [0.1, 0.15) is 20.8 Å². The van der Waals surface area contributed by atoms with Crippen LogP contribution in [-0.2, 0) is 0 Å². The smallest absolute Gasteiger partial charge is 0.356 e. The Morgan fingerprint density at radius 1 is 1.17 bits per heavy atom. The van der Waals surface area contributed by atoms with Gasteiger partial charge in [-0.3, -0.25) is 0 Å². The topological polar surface area (TPSA) is 126 Å². The molecule has 1 aromatic heterocycles. The number of rotatable bonds is 3. The number of benzene rings is 1. The van der Waals surface area contributed by atoms with Gasteiger partial charge in [-0.05, 0) is 18.2 Å². The van der Waals surface area contributed by atoms with Crippen LogP contribution in [0.2, 0.25) is 0 Å². The minimum atomic E-state index is -1.33. The van der Waals surface area contributed by atoms with Crippen LogP contribution in [0.25, 0.3) is 5.69 Å². The Hall–Kier alpha value is -2.90. The van der Waals surface area contributed by atoms with Crippen molar-refractivity contribution < 1.29 is 24.9 Å². The molecule has 0 saturated heterocycles. The molecule has 2 aromatic rings. The van der Waals surface area contributed by atoms with Gasteiger partial charge in [0.05, 0.1) is 11.9 Å². The highest BCUT2D eigenvalue weighted by molar-refractivity contribution is 5.91. The van der Waals surface area contributed by atoms with Gasteiger partial charge in [-0.25, -0.2) is 14.3 Å². The van der Waals surface area contributed by atoms with Crippen LogP contribution >= 0.6 is 0 Å². The number of hydrogen-bond acceptors (Lipinski definition) is 5. The fraction of sp³-hybridized carbons (Fsp3) is 0. The van der Waals surface area contributed by atoms with Crippen LogP contribution in [0.3, 0.4) is 0 Å². The van der Waals surface area contributed by atoms with E-state index in [2.05, 4.69) is 10.3 Å². The van der Waals surface area contributed by atoms with Crippen LogP contribution in [-0.4, -0.2) is 42.3 Å². The molecule has 1 heterocycles. The molecule has 0 saturated carbocycles. The van der Waals surface area contributed by atoms with E-state index in [-0.39, 0.29) is 16.9 Å². The van der Waals surface area contributed by atoms with Crippen LogP contribution < -0.4 is 0 Å². The summed E-state index contributed by atoms with van der Waals surface area (Å²) in [6.07, 6.45) is 1.04. The first-order valence-corrected chi connectivity index (χ1v) is 4.71.